The fourth-order valence-electron chi connectivity index (χ4n) is 2.44. The zero-order valence-electron chi connectivity index (χ0n) is 14.0. The van der Waals surface area contributed by atoms with E-state index < -0.39 is 6.03 Å². The molecule has 0 unspecified atom stereocenters. The second kappa shape index (κ2) is 8.84. The molecule has 2 rings (SSSR count). The van der Waals surface area contributed by atoms with Crippen LogP contribution in [-0.2, 0) is 11.3 Å². The molecule has 2 atom stereocenters. The van der Waals surface area contributed by atoms with Crippen LogP contribution in [0.5, 0.6) is 0 Å². The van der Waals surface area contributed by atoms with E-state index in [2.05, 4.69) is 10.6 Å². The molecule has 126 valence electrons. The van der Waals surface area contributed by atoms with Gasteiger partial charge in [-0.05, 0) is 19.4 Å². The van der Waals surface area contributed by atoms with Gasteiger partial charge in [-0.2, -0.15) is 0 Å². The smallest absolute Gasteiger partial charge is 0.321 e. The van der Waals surface area contributed by atoms with Crippen molar-refractivity contribution in [3.05, 3.63) is 71.8 Å². The maximum atomic E-state index is 12.1. The highest BCUT2D eigenvalue weighted by Gasteiger charge is 2.21. The van der Waals surface area contributed by atoms with Crippen LogP contribution in [0.1, 0.15) is 31.0 Å². The molecular formula is C19H24N3O2+. The Bertz CT molecular complexity index is 659. The van der Waals surface area contributed by atoms with Gasteiger partial charge < -0.3 is 10.6 Å². The van der Waals surface area contributed by atoms with Crippen molar-refractivity contribution >= 4 is 11.9 Å². The Morgan fingerprint density at radius 2 is 1.54 bits per heavy atom. The summed E-state index contributed by atoms with van der Waals surface area (Å²) in [5.41, 5.74) is 2.13. The number of benzene rings is 2. The molecule has 4 N–H and O–H groups in total. The van der Waals surface area contributed by atoms with Crippen LogP contribution < -0.4 is 16.0 Å². The Morgan fingerprint density at radius 3 is 2.17 bits per heavy atom. The van der Waals surface area contributed by atoms with Crippen molar-refractivity contribution in [2.24, 2.45) is 0 Å². The molecule has 5 nitrogen and oxygen atoms in total. The molecule has 0 spiro atoms. The number of quaternary nitrogens is 1. The van der Waals surface area contributed by atoms with Crippen LogP contribution in [0.25, 0.3) is 0 Å². The summed E-state index contributed by atoms with van der Waals surface area (Å²) in [5.74, 6) is -0.302. The SMILES string of the molecule is C[C@H]([NH2+][C@@H](C)c1ccccc1)C(=O)NC(=O)NCc1ccccc1. The summed E-state index contributed by atoms with van der Waals surface area (Å²) in [7, 11) is 0. The molecule has 3 amide bonds. The van der Waals surface area contributed by atoms with E-state index in [1.807, 2.05) is 72.9 Å². The molecule has 0 aromatic heterocycles. The van der Waals surface area contributed by atoms with Crippen molar-refractivity contribution < 1.29 is 14.9 Å². The summed E-state index contributed by atoms with van der Waals surface area (Å²) in [6.07, 6.45) is 0. The first-order chi connectivity index (χ1) is 11.6. The fraction of sp³-hybridized carbons (Fsp3) is 0.263. The maximum Gasteiger partial charge on any atom is 0.321 e. The molecule has 0 radical (unpaired) electrons. The first-order valence-electron chi connectivity index (χ1n) is 8.09. The van der Waals surface area contributed by atoms with Gasteiger partial charge in [0, 0.05) is 12.1 Å². The molecule has 0 fully saturated rings. The highest BCUT2D eigenvalue weighted by molar-refractivity contribution is 5.96. The molecule has 0 saturated carbocycles. The summed E-state index contributed by atoms with van der Waals surface area (Å²) in [6.45, 7) is 4.21. The molecule has 0 aliphatic heterocycles. The number of hydrogen-bond donors (Lipinski definition) is 3. The lowest BCUT2D eigenvalue weighted by Crippen LogP contribution is -2.92. The predicted molar refractivity (Wildman–Crippen MR) is 93.1 cm³/mol. The number of imide groups is 1. The van der Waals surface area contributed by atoms with Gasteiger partial charge >= 0.3 is 6.03 Å². The topological polar surface area (TPSA) is 74.8 Å². The maximum absolute atomic E-state index is 12.1. The Morgan fingerprint density at radius 1 is 0.958 bits per heavy atom. The summed E-state index contributed by atoms with van der Waals surface area (Å²) in [4.78, 5) is 24.0. The highest BCUT2D eigenvalue weighted by atomic mass is 16.2. The van der Waals surface area contributed by atoms with Gasteiger partial charge in [0.2, 0.25) is 0 Å². The number of urea groups is 1. The zero-order chi connectivity index (χ0) is 17.4. The van der Waals surface area contributed by atoms with Gasteiger partial charge in [0.1, 0.15) is 6.04 Å². The summed E-state index contributed by atoms with van der Waals surface area (Å²) in [6, 6.07) is 18.8. The Kier molecular flexibility index (Phi) is 6.51. The number of carbonyl (C=O) groups is 2. The third-order valence-corrected chi connectivity index (χ3v) is 3.85. The quantitative estimate of drug-likeness (QED) is 0.756. The number of carbonyl (C=O) groups excluding carboxylic acids is 2. The van der Waals surface area contributed by atoms with Crippen molar-refractivity contribution in [3.8, 4) is 0 Å². The average molecular weight is 326 g/mol. The molecule has 2 aromatic carbocycles. The minimum Gasteiger partial charge on any atom is -0.334 e. The number of amides is 3. The molecule has 24 heavy (non-hydrogen) atoms. The van der Waals surface area contributed by atoms with E-state index in [0.717, 1.165) is 11.1 Å². The summed E-state index contributed by atoms with van der Waals surface area (Å²) >= 11 is 0. The van der Waals surface area contributed by atoms with Gasteiger partial charge in [0.15, 0.2) is 6.04 Å². The summed E-state index contributed by atoms with van der Waals surface area (Å²) in [5, 5.41) is 7.01. The van der Waals surface area contributed by atoms with Crippen molar-refractivity contribution in [2.45, 2.75) is 32.5 Å². The number of nitrogens with one attached hydrogen (secondary N) is 2. The van der Waals surface area contributed by atoms with Gasteiger partial charge in [0.25, 0.3) is 5.91 Å². The Labute approximate surface area is 142 Å². The van der Waals surface area contributed by atoms with E-state index in [9.17, 15) is 9.59 Å². The second-order valence-corrected chi connectivity index (χ2v) is 5.84. The third kappa shape index (κ3) is 5.52. The second-order valence-electron chi connectivity index (χ2n) is 5.84. The summed E-state index contributed by atoms with van der Waals surface area (Å²) < 4.78 is 0. The van der Waals surface area contributed by atoms with E-state index in [0.29, 0.717) is 6.54 Å². The molecule has 2 aromatic rings. The average Bonchev–Trinajstić information content (AvgIpc) is 2.61. The van der Waals surface area contributed by atoms with Crippen LogP contribution in [0.2, 0.25) is 0 Å². The lowest BCUT2D eigenvalue weighted by Gasteiger charge is -2.16. The molecule has 0 heterocycles. The highest BCUT2D eigenvalue weighted by Crippen LogP contribution is 2.06. The van der Waals surface area contributed by atoms with E-state index in [1.54, 1.807) is 6.92 Å². The molecule has 0 bridgehead atoms. The molecule has 5 heteroatoms. The lowest BCUT2D eigenvalue weighted by atomic mass is 10.1. The third-order valence-electron chi connectivity index (χ3n) is 3.85. The van der Waals surface area contributed by atoms with Crippen LogP contribution in [0.4, 0.5) is 4.79 Å². The fourth-order valence-corrected chi connectivity index (χ4v) is 2.44. The van der Waals surface area contributed by atoms with Gasteiger partial charge in [-0.3, -0.25) is 10.1 Å². The Balaban J connectivity index is 1.77. The van der Waals surface area contributed by atoms with Crippen molar-refractivity contribution in [1.29, 1.82) is 0 Å². The normalized spacial score (nSPS) is 12.9. The number of rotatable bonds is 6. The van der Waals surface area contributed by atoms with E-state index in [4.69, 9.17) is 0 Å². The van der Waals surface area contributed by atoms with E-state index in [-0.39, 0.29) is 18.0 Å². The number of hydrogen-bond acceptors (Lipinski definition) is 2. The Hall–Kier alpha value is -2.66. The van der Waals surface area contributed by atoms with Crippen molar-refractivity contribution in [1.82, 2.24) is 10.6 Å². The first kappa shape index (κ1) is 17.7. The zero-order valence-corrected chi connectivity index (χ0v) is 14.0. The van der Waals surface area contributed by atoms with Gasteiger partial charge in [-0.15, -0.1) is 0 Å². The van der Waals surface area contributed by atoms with Crippen LogP contribution >= 0.6 is 0 Å². The minimum absolute atomic E-state index is 0.138. The van der Waals surface area contributed by atoms with Gasteiger partial charge in [0.05, 0.1) is 0 Å². The van der Waals surface area contributed by atoms with Crippen molar-refractivity contribution in [2.75, 3.05) is 0 Å². The monoisotopic (exact) mass is 326 g/mol. The molecule has 0 aliphatic rings. The molecular weight excluding hydrogens is 302 g/mol. The molecule has 0 aliphatic carbocycles. The standard InChI is InChI=1S/C19H23N3O2/c1-14(17-11-7-4-8-12-17)21-15(2)18(23)22-19(24)20-13-16-9-5-3-6-10-16/h3-12,14-15,21H,13H2,1-2H3,(H2,20,22,23,24)/p+1/t14-,15-/m0/s1. The first-order valence-corrected chi connectivity index (χ1v) is 8.09. The minimum atomic E-state index is -0.475. The van der Waals surface area contributed by atoms with Gasteiger partial charge in [-0.25, -0.2) is 4.79 Å². The van der Waals surface area contributed by atoms with Crippen LogP contribution in [-0.4, -0.2) is 18.0 Å². The number of nitrogens with two attached hydrogens (primary N) is 1. The van der Waals surface area contributed by atoms with Crippen LogP contribution in [0.15, 0.2) is 60.7 Å². The van der Waals surface area contributed by atoms with Crippen LogP contribution in [0, 0.1) is 0 Å². The lowest BCUT2D eigenvalue weighted by molar-refractivity contribution is -0.710. The van der Waals surface area contributed by atoms with Crippen LogP contribution in [0.3, 0.4) is 0 Å². The molecule has 0 saturated heterocycles. The van der Waals surface area contributed by atoms with Gasteiger partial charge in [-0.1, -0.05) is 60.7 Å². The predicted octanol–water partition coefficient (Wildman–Crippen LogP) is 1.73. The van der Waals surface area contributed by atoms with E-state index >= 15 is 0 Å². The largest absolute Gasteiger partial charge is 0.334 e. The van der Waals surface area contributed by atoms with E-state index in [1.165, 1.54) is 0 Å². The van der Waals surface area contributed by atoms with Crippen molar-refractivity contribution in [3.63, 3.8) is 0 Å².